The largest absolute Gasteiger partial charge is 0.496 e. The number of hydrogen-bond donors (Lipinski definition) is 1. The van der Waals surface area contributed by atoms with E-state index in [1.54, 1.807) is 36.7 Å². The highest BCUT2D eigenvalue weighted by Gasteiger charge is 2.22. The van der Waals surface area contributed by atoms with E-state index in [2.05, 4.69) is 9.97 Å². The van der Waals surface area contributed by atoms with Gasteiger partial charge in [0, 0.05) is 18.0 Å². The molecule has 6 nitrogen and oxygen atoms in total. The highest BCUT2D eigenvalue weighted by Crippen LogP contribution is 2.31. The number of hydrogen-bond acceptors (Lipinski definition) is 4. The lowest BCUT2D eigenvalue weighted by atomic mass is 10.1. The topological polar surface area (TPSA) is 76.7 Å². The minimum Gasteiger partial charge on any atom is -0.496 e. The Kier molecular flexibility index (Phi) is 2.83. The van der Waals surface area contributed by atoms with E-state index >= 15 is 0 Å². The third-order valence-electron chi connectivity index (χ3n) is 2.97. The summed E-state index contributed by atoms with van der Waals surface area (Å²) in [6.45, 7) is 0. The van der Waals surface area contributed by atoms with Crippen molar-refractivity contribution in [3.8, 4) is 17.0 Å². The average Bonchev–Trinajstić information content (AvgIpc) is 2.86. The lowest BCUT2D eigenvalue weighted by Gasteiger charge is -2.06. The minimum absolute atomic E-state index is 0.0672. The van der Waals surface area contributed by atoms with Crippen LogP contribution in [0, 0.1) is 0 Å². The fourth-order valence-corrected chi connectivity index (χ4v) is 2.12. The number of nitrogens with zero attached hydrogens (tertiary/aromatic N) is 3. The quantitative estimate of drug-likeness (QED) is 0.788. The number of ether oxygens (including phenoxy) is 1. The summed E-state index contributed by atoms with van der Waals surface area (Å²) in [5, 5.41) is 9.45. The molecule has 0 aliphatic heterocycles. The monoisotopic (exact) mass is 269 g/mol. The zero-order valence-corrected chi connectivity index (χ0v) is 10.6. The maximum Gasteiger partial charge on any atom is 0.355 e. The Hall–Kier alpha value is -2.89. The molecule has 3 rings (SSSR count). The number of carboxylic acids is 1. The smallest absolute Gasteiger partial charge is 0.355 e. The first kappa shape index (κ1) is 12.2. The van der Waals surface area contributed by atoms with Gasteiger partial charge in [0.15, 0.2) is 5.69 Å². The van der Waals surface area contributed by atoms with Crippen LogP contribution < -0.4 is 4.74 Å². The fourth-order valence-electron chi connectivity index (χ4n) is 2.12. The lowest BCUT2D eigenvalue weighted by molar-refractivity contribution is 0.0690. The van der Waals surface area contributed by atoms with Crippen molar-refractivity contribution < 1.29 is 14.6 Å². The molecule has 1 aromatic carbocycles. The molecule has 0 aliphatic carbocycles. The molecule has 6 heteroatoms. The molecule has 0 unspecified atom stereocenters. The van der Waals surface area contributed by atoms with Gasteiger partial charge in [-0.25, -0.2) is 14.8 Å². The number of aromatic nitrogens is 3. The van der Waals surface area contributed by atoms with Gasteiger partial charge in [0.25, 0.3) is 0 Å². The third kappa shape index (κ3) is 1.78. The van der Waals surface area contributed by atoms with E-state index in [1.807, 2.05) is 6.07 Å². The molecule has 0 saturated carbocycles. The van der Waals surface area contributed by atoms with Crippen molar-refractivity contribution in [3.05, 3.63) is 48.4 Å². The van der Waals surface area contributed by atoms with Gasteiger partial charge < -0.3 is 9.84 Å². The predicted molar refractivity (Wildman–Crippen MR) is 71.9 cm³/mol. The molecule has 0 bridgehead atoms. The molecule has 0 aliphatic rings. The molecule has 2 heterocycles. The fraction of sp³-hybridized carbons (Fsp3) is 0.0714. The van der Waals surface area contributed by atoms with Crippen LogP contribution in [-0.4, -0.2) is 32.6 Å². The van der Waals surface area contributed by atoms with Crippen molar-refractivity contribution in [2.24, 2.45) is 0 Å². The molecule has 0 spiro atoms. The van der Waals surface area contributed by atoms with Gasteiger partial charge >= 0.3 is 5.97 Å². The minimum atomic E-state index is -1.06. The van der Waals surface area contributed by atoms with Crippen molar-refractivity contribution in [1.82, 2.24) is 14.4 Å². The van der Waals surface area contributed by atoms with Crippen LogP contribution >= 0.6 is 0 Å². The average molecular weight is 269 g/mol. The molecular formula is C14H11N3O3. The van der Waals surface area contributed by atoms with Crippen molar-refractivity contribution in [1.29, 1.82) is 0 Å². The van der Waals surface area contributed by atoms with Gasteiger partial charge in [0.2, 0.25) is 5.78 Å². The predicted octanol–water partition coefficient (Wildman–Crippen LogP) is 2.10. The molecule has 3 aromatic rings. The van der Waals surface area contributed by atoms with Gasteiger partial charge in [-0.1, -0.05) is 12.1 Å². The van der Waals surface area contributed by atoms with Gasteiger partial charge in [0.1, 0.15) is 11.4 Å². The molecule has 0 saturated heterocycles. The zero-order valence-electron chi connectivity index (χ0n) is 10.6. The summed E-state index contributed by atoms with van der Waals surface area (Å²) >= 11 is 0. The van der Waals surface area contributed by atoms with Crippen LogP contribution in [-0.2, 0) is 0 Å². The second kappa shape index (κ2) is 4.65. The summed E-state index contributed by atoms with van der Waals surface area (Å²) in [5.74, 6) is -0.157. The standard InChI is InChI=1S/C14H11N3O3/c1-20-10-6-3-2-5-9(10)11-12(13(18)19)17-8-4-7-15-14(17)16-11/h2-8H,1H3,(H,18,19). The number of benzene rings is 1. The Balaban J connectivity index is 2.36. The van der Waals surface area contributed by atoms with Crippen molar-refractivity contribution in [3.63, 3.8) is 0 Å². The van der Waals surface area contributed by atoms with E-state index in [9.17, 15) is 9.90 Å². The first-order chi connectivity index (χ1) is 9.72. The van der Waals surface area contributed by atoms with E-state index in [0.29, 0.717) is 22.8 Å². The second-order valence-corrected chi connectivity index (χ2v) is 4.10. The van der Waals surface area contributed by atoms with Crippen LogP contribution in [0.15, 0.2) is 42.7 Å². The Morgan fingerprint density at radius 1 is 1.30 bits per heavy atom. The molecule has 100 valence electrons. The number of carbonyl (C=O) groups is 1. The Morgan fingerprint density at radius 2 is 2.10 bits per heavy atom. The summed E-state index contributed by atoms with van der Waals surface area (Å²) < 4.78 is 6.72. The first-order valence-electron chi connectivity index (χ1n) is 5.92. The Bertz CT molecular complexity index is 795. The van der Waals surface area contributed by atoms with E-state index in [-0.39, 0.29) is 5.69 Å². The molecular weight excluding hydrogens is 258 g/mol. The maximum absolute atomic E-state index is 11.5. The number of para-hydroxylation sites is 1. The normalized spacial score (nSPS) is 10.7. The lowest BCUT2D eigenvalue weighted by Crippen LogP contribution is -2.04. The SMILES string of the molecule is COc1ccccc1-c1nc2ncccn2c1C(=O)O. The van der Waals surface area contributed by atoms with Gasteiger partial charge in [-0.05, 0) is 18.2 Å². The number of fused-ring (bicyclic) bond motifs is 1. The second-order valence-electron chi connectivity index (χ2n) is 4.10. The Labute approximate surface area is 114 Å². The molecule has 20 heavy (non-hydrogen) atoms. The van der Waals surface area contributed by atoms with Crippen molar-refractivity contribution in [2.75, 3.05) is 7.11 Å². The van der Waals surface area contributed by atoms with Crippen LogP contribution in [0.5, 0.6) is 5.75 Å². The van der Waals surface area contributed by atoms with E-state index in [1.165, 1.54) is 11.5 Å². The highest BCUT2D eigenvalue weighted by molar-refractivity contribution is 5.95. The van der Waals surface area contributed by atoms with Crippen molar-refractivity contribution >= 4 is 11.7 Å². The van der Waals surface area contributed by atoms with Crippen LogP contribution in [0.4, 0.5) is 0 Å². The number of aromatic carboxylic acids is 1. The summed E-state index contributed by atoms with van der Waals surface area (Å²) in [6, 6.07) is 8.82. The third-order valence-corrected chi connectivity index (χ3v) is 2.97. The van der Waals surface area contributed by atoms with Gasteiger partial charge in [-0.2, -0.15) is 0 Å². The van der Waals surface area contributed by atoms with Crippen molar-refractivity contribution in [2.45, 2.75) is 0 Å². The summed E-state index contributed by atoms with van der Waals surface area (Å²) in [5.41, 5.74) is 1.03. The highest BCUT2D eigenvalue weighted by atomic mass is 16.5. The number of imidazole rings is 1. The molecule has 0 fully saturated rings. The molecule has 0 amide bonds. The maximum atomic E-state index is 11.5. The summed E-state index contributed by atoms with van der Waals surface area (Å²) in [4.78, 5) is 19.9. The van der Waals surface area contributed by atoms with Crippen LogP contribution in [0.25, 0.3) is 17.0 Å². The van der Waals surface area contributed by atoms with E-state index in [0.717, 1.165) is 0 Å². The summed E-state index contributed by atoms with van der Waals surface area (Å²) in [7, 11) is 1.54. The van der Waals surface area contributed by atoms with Crippen LogP contribution in [0.2, 0.25) is 0 Å². The molecule has 1 N–H and O–H groups in total. The van der Waals surface area contributed by atoms with Gasteiger partial charge in [0.05, 0.1) is 7.11 Å². The van der Waals surface area contributed by atoms with E-state index < -0.39 is 5.97 Å². The van der Waals surface area contributed by atoms with Gasteiger partial charge in [-0.3, -0.25) is 4.40 Å². The van der Waals surface area contributed by atoms with Gasteiger partial charge in [-0.15, -0.1) is 0 Å². The van der Waals surface area contributed by atoms with Crippen LogP contribution in [0.1, 0.15) is 10.5 Å². The zero-order chi connectivity index (χ0) is 14.1. The summed E-state index contributed by atoms with van der Waals surface area (Å²) in [6.07, 6.45) is 3.19. The number of carboxylic acid groups (broad SMARTS) is 1. The first-order valence-corrected chi connectivity index (χ1v) is 5.92. The Morgan fingerprint density at radius 3 is 2.85 bits per heavy atom. The molecule has 0 radical (unpaired) electrons. The van der Waals surface area contributed by atoms with Crippen LogP contribution in [0.3, 0.4) is 0 Å². The molecule has 2 aromatic heterocycles. The molecule has 0 atom stereocenters. The number of rotatable bonds is 3. The number of methoxy groups -OCH3 is 1. The van der Waals surface area contributed by atoms with E-state index in [4.69, 9.17) is 4.74 Å².